The Morgan fingerprint density at radius 3 is 2.33 bits per heavy atom. The van der Waals surface area contributed by atoms with Crippen LogP contribution in [0.4, 0.5) is 0 Å². The standard InChI is InChI=1S/C20H20O4/c1-5-18(21)23-17-10-9-15-12-14(6-8-16(15)13-17)7-11-19(22)24-20(2,3)4/h5-13H,1H2,2-4H3/b11-7+. The molecule has 0 aliphatic heterocycles. The Labute approximate surface area is 141 Å². The molecule has 0 atom stereocenters. The first-order valence-electron chi connectivity index (χ1n) is 7.56. The van der Waals surface area contributed by atoms with E-state index >= 15 is 0 Å². The first-order chi connectivity index (χ1) is 11.3. The molecule has 0 heterocycles. The minimum atomic E-state index is -0.510. The van der Waals surface area contributed by atoms with Crippen molar-refractivity contribution in [1.82, 2.24) is 0 Å². The molecule has 0 fully saturated rings. The molecule has 24 heavy (non-hydrogen) atoms. The molecule has 0 radical (unpaired) electrons. The number of rotatable bonds is 4. The summed E-state index contributed by atoms with van der Waals surface area (Å²) in [7, 11) is 0. The van der Waals surface area contributed by atoms with E-state index in [1.807, 2.05) is 45.0 Å². The van der Waals surface area contributed by atoms with Crippen LogP contribution in [-0.2, 0) is 14.3 Å². The highest BCUT2D eigenvalue weighted by atomic mass is 16.6. The van der Waals surface area contributed by atoms with E-state index in [0.717, 1.165) is 22.4 Å². The molecule has 2 aromatic carbocycles. The van der Waals surface area contributed by atoms with Crippen molar-refractivity contribution in [2.75, 3.05) is 0 Å². The summed E-state index contributed by atoms with van der Waals surface area (Å²) in [6.45, 7) is 8.84. The Morgan fingerprint density at radius 2 is 1.67 bits per heavy atom. The third-order valence-corrected chi connectivity index (χ3v) is 3.04. The van der Waals surface area contributed by atoms with E-state index in [0.29, 0.717) is 5.75 Å². The highest BCUT2D eigenvalue weighted by Crippen LogP contribution is 2.23. The van der Waals surface area contributed by atoms with Crippen LogP contribution < -0.4 is 4.74 Å². The maximum atomic E-state index is 11.7. The van der Waals surface area contributed by atoms with Crippen LogP contribution >= 0.6 is 0 Å². The van der Waals surface area contributed by atoms with Crippen LogP contribution in [0, 0.1) is 0 Å². The third kappa shape index (κ3) is 5.09. The van der Waals surface area contributed by atoms with E-state index in [-0.39, 0.29) is 5.97 Å². The van der Waals surface area contributed by atoms with Gasteiger partial charge in [0.05, 0.1) is 0 Å². The summed E-state index contributed by atoms with van der Waals surface area (Å²) in [5, 5.41) is 1.90. The monoisotopic (exact) mass is 324 g/mol. The van der Waals surface area contributed by atoms with E-state index in [4.69, 9.17) is 9.47 Å². The minimum absolute atomic E-state index is 0.380. The normalized spacial score (nSPS) is 11.5. The number of carbonyl (C=O) groups excluding carboxylic acids is 2. The lowest BCUT2D eigenvalue weighted by molar-refractivity contribution is -0.148. The Kier molecular flexibility index (Phi) is 5.19. The van der Waals surface area contributed by atoms with Gasteiger partial charge in [0.25, 0.3) is 0 Å². The molecule has 0 bridgehead atoms. The lowest BCUT2D eigenvalue weighted by Gasteiger charge is -2.17. The first kappa shape index (κ1) is 17.5. The number of benzene rings is 2. The smallest absolute Gasteiger partial charge is 0.335 e. The maximum absolute atomic E-state index is 11.7. The summed E-state index contributed by atoms with van der Waals surface area (Å²) in [5.41, 5.74) is 0.369. The second-order valence-corrected chi connectivity index (χ2v) is 6.26. The summed E-state index contributed by atoms with van der Waals surface area (Å²) >= 11 is 0. The summed E-state index contributed by atoms with van der Waals surface area (Å²) < 4.78 is 10.3. The SMILES string of the molecule is C=CC(=O)Oc1ccc2cc(/C=C/C(=O)OC(C)(C)C)ccc2c1. The predicted molar refractivity (Wildman–Crippen MR) is 94.7 cm³/mol. The number of fused-ring (bicyclic) bond motifs is 1. The summed E-state index contributed by atoms with van der Waals surface area (Å²) in [6.07, 6.45) is 4.24. The van der Waals surface area contributed by atoms with Gasteiger partial charge in [-0.2, -0.15) is 0 Å². The van der Waals surface area contributed by atoms with E-state index in [1.54, 1.807) is 18.2 Å². The number of hydrogen-bond acceptors (Lipinski definition) is 4. The molecule has 4 heteroatoms. The van der Waals surface area contributed by atoms with Gasteiger partial charge in [0.15, 0.2) is 0 Å². The number of hydrogen-bond donors (Lipinski definition) is 0. The highest BCUT2D eigenvalue weighted by Gasteiger charge is 2.13. The van der Waals surface area contributed by atoms with Gasteiger partial charge >= 0.3 is 11.9 Å². The van der Waals surface area contributed by atoms with Crippen LogP contribution in [-0.4, -0.2) is 17.5 Å². The molecule has 0 aliphatic rings. The van der Waals surface area contributed by atoms with Gasteiger partial charge in [0, 0.05) is 12.2 Å². The van der Waals surface area contributed by atoms with Crippen LogP contribution in [0.15, 0.2) is 55.1 Å². The molecule has 2 rings (SSSR count). The third-order valence-electron chi connectivity index (χ3n) is 3.04. The minimum Gasteiger partial charge on any atom is -0.457 e. The average Bonchev–Trinajstić information content (AvgIpc) is 2.51. The largest absolute Gasteiger partial charge is 0.457 e. The van der Waals surface area contributed by atoms with E-state index < -0.39 is 11.6 Å². The van der Waals surface area contributed by atoms with Crippen LogP contribution in [0.2, 0.25) is 0 Å². The van der Waals surface area contributed by atoms with Crippen molar-refractivity contribution in [3.05, 3.63) is 60.7 Å². The van der Waals surface area contributed by atoms with Crippen molar-refractivity contribution < 1.29 is 19.1 Å². The van der Waals surface area contributed by atoms with E-state index in [2.05, 4.69) is 6.58 Å². The zero-order valence-corrected chi connectivity index (χ0v) is 14.0. The van der Waals surface area contributed by atoms with E-state index in [1.165, 1.54) is 6.08 Å². The lowest BCUT2D eigenvalue weighted by Crippen LogP contribution is -2.22. The highest BCUT2D eigenvalue weighted by molar-refractivity contribution is 5.91. The van der Waals surface area contributed by atoms with Crippen molar-refractivity contribution in [2.45, 2.75) is 26.4 Å². The molecule has 0 amide bonds. The fourth-order valence-electron chi connectivity index (χ4n) is 2.07. The Balaban J connectivity index is 2.17. The van der Waals surface area contributed by atoms with Crippen LogP contribution in [0.25, 0.3) is 16.8 Å². The molecule has 0 unspecified atom stereocenters. The van der Waals surface area contributed by atoms with Gasteiger partial charge < -0.3 is 9.47 Å². The van der Waals surface area contributed by atoms with Crippen molar-refractivity contribution in [2.24, 2.45) is 0 Å². The molecule has 0 N–H and O–H groups in total. The van der Waals surface area contributed by atoms with Crippen molar-refractivity contribution >= 4 is 28.8 Å². The molecular formula is C20H20O4. The van der Waals surface area contributed by atoms with Crippen LogP contribution in [0.1, 0.15) is 26.3 Å². The first-order valence-corrected chi connectivity index (χ1v) is 7.56. The molecule has 2 aromatic rings. The molecular weight excluding hydrogens is 304 g/mol. The Morgan fingerprint density at radius 1 is 1.00 bits per heavy atom. The summed E-state index contributed by atoms with van der Waals surface area (Å²) in [6, 6.07) is 11.1. The van der Waals surface area contributed by atoms with Gasteiger partial charge in [0.1, 0.15) is 11.4 Å². The molecule has 0 aliphatic carbocycles. The van der Waals surface area contributed by atoms with Gasteiger partial charge in [-0.25, -0.2) is 9.59 Å². The molecule has 0 spiro atoms. The van der Waals surface area contributed by atoms with Gasteiger partial charge in [-0.1, -0.05) is 24.8 Å². The van der Waals surface area contributed by atoms with E-state index in [9.17, 15) is 9.59 Å². The van der Waals surface area contributed by atoms with Gasteiger partial charge in [-0.15, -0.1) is 0 Å². The molecule has 0 saturated carbocycles. The molecule has 4 nitrogen and oxygen atoms in total. The molecule has 0 aromatic heterocycles. The fourth-order valence-corrected chi connectivity index (χ4v) is 2.07. The van der Waals surface area contributed by atoms with Crippen molar-refractivity contribution in [1.29, 1.82) is 0 Å². The van der Waals surface area contributed by atoms with Crippen molar-refractivity contribution in [3.8, 4) is 5.75 Å². The van der Waals surface area contributed by atoms with Gasteiger partial charge in [-0.05, 0) is 61.4 Å². The number of carbonyl (C=O) groups is 2. The Hall–Kier alpha value is -2.88. The fraction of sp³-hybridized carbons (Fsp3) is 0.200. The van der Waals surface area contributed by atoms with Gasteiger partial charge in [0.2, 0.25) is 0 Å². The number of ether oxygens (including phenoxy) is 2. The predicted octanol–water partition coefficient (Wildman–Crippen LogP) is 4.29. The van der Waals surface area contributed by atoms with Crippen LogP contribution in [0.3, 0.4) is 0 Å². The second kappa shape index (κ2) is 7.13. The molecule has 124 valence electrons. The zero-order chi connectivity index (χ0) is 17.7. The quantitative estimate of drug-likeness (QED) is 0.478. The van der Waals surface area contributed by atoms with Gasteiger partial charge in [-0.3, -0.25) is 0 Å². The average molecular weight is 324 g/mol. The number of esters is 2. The second-order valence-electron chi connectivity index (χ2n) is 6.26. The topological polar surface area (TPSA) is 52.6 Å². The molecule has 0 saturated heterocycles. The Bertz CT molecular complexity index is 810. The van der Waals surface area contributed by atoms with Crippen molar-refractivity contribution in [3.63, 3.8) is 0 Å². The lowest BCUT2D eigenvalue weighted by atomic mass is 10.1. The summed E-state index contributed by atoms with van der Waals surface area (Å²) in [5.74, 6) is -0.412. The zero-order valence-electron chi connectivity index (χ0n) is 14.0. The summed E-state index contributed by atoms with van der Waals surface area (Å²) in [4.78, 5) is 22.9. The van der Waals surface area contributed by atoms with Crippen LogP contribution in [0.5, 0.6) is 5.75 Å². The maximum Gasteiger partial charge on any atom is 0.335 e.